The fraction of sp³-hybridized carbons (Fsp3) is 0.292. The Morgan fingerprint density at radius 3 is 2.74 bits per heavy atom. The van der Waals surface area contributed by atoms with Gasteiger partial charge in [0, 0.05) is 36.6 Å². The molecule has 3 aromatic rings. The lowest BCUT2D eigenvalue weighted by Gasteiger charge is -2.35. The lowest BCUT2D eigenvalue weighted by molar-refractivity contribution is 0.132. The number of hydrogen-bond donors (Lipinski definition) is 1. The van der Waals surface area contributed by atoms with E-state index in [1.807, 2.05) is 38.1 Å². The molecule has 0 aliphatic carbocycles. The number of fused-ring (bicyclic) bond motifs is 1. The molecule has 5 rings (SSSR count). The van der Waals surface area contributed by atoms with Crippen LogP contribution in [0.25, 0.3) is 21.7 Å². The molecular weight excluding hydrogens is 452 g/mol. The molecule has 3 amide bonds. The fourth-order valence-corrected chi connectivity index (χ4v) is 5.27. The number of nitriles is 1. The average molecular weight is 475 g/mol. The van der Waals surface area contributed by atoms with Gasteiger partial charge in [0.2, 0.25) is 0 Å². The van der Waals surface area contributed by atoms with Crippen molar-refractivity contribution in [1.29, 1.82) is 5.26 Å². The minimum Gasteiger partial charge on any atom is -0.447 e. The quantitative estimate of drug-likeness (QED) is 0.614. The van der Waals surface area contributed by atoms with Crippen LogP contribution in [0.2, 0.25) is 0 Å². The Hall–Kier alpha value is -3.97. The first kappa shape index (κ1) is 21.9. The lowest BCUT2D eigenvalue weighted by Crippen LogP contribution is -2.54. The third kappa shape index (κ3) is 4.18. The van der Waals surface area contributed by atoms with E-state index in [9.17, 15) is 14.9 Å². The molecule has 0 bridgehead atoms. The van der Waals surface area contributed by atoms with E-state index < -0.39 is 0 Å². The van der Waals surface area contributed by atoms with Crippen LogP contribution in [0.3, 0.4) is 0 Å². The van der Waals surface area contributed by atoms with Crippen molar-refractivity contribution in [1.82, 2.24) is 19.8 Å². The minimum atomic E-state index is -0.318. The smallest absolute Gasteiger partial charge is 0.410 e. The van der Waals surface area contributed by atoms with Gasteiger partial charge in [-0.1, -0.05) is 23.5 Å². The number of nitrogens with zero attached hydrogens (tertiary/aromatic N) is 5. The van der Waals surface area contributed by atoms with E-state index in [1.54, 1.807) is 21.9 Å². The number of ether oxygens (including phenoxy) is 1. The molecule has 1 N–H and O–H groups in total. The van der Waals surface area contributed by atoms with Crippen LogP contribution >= 0.6 is 11.3 Å². The van der Waals surface area contributed by atoms with Gasteiger partial charge in [-0.15, -0.1) is 0 Å². The van der Waals surface area contributed by atoms with Gasteiger partial charge in [0.05, 0.1) is 28.2 Å². The van der Waals surface area contributed by atoms with E-state index in [-0.39, 0.29) is 18.2 Å². The molecule has 0 radical (unpaired) electrons. The first-order valence-electron chi connectivity index (χ1n) is 10.9. The molecule has 0 saturated carbocycles. The van der Waals surface area contributed by atoms with Gasteiger partial charge in [-0.05, 0) is 43.7 Å². The number of cyclic esters (lactones) is 1. The highest BCUT2D eigenvalue weighted by Crippen LogP contribution is 2.39. The molecule has 0 spiro atoms. The normalized spacial score (nSPS) is 17.2. The second-order valence-corrected chi connectivity index (χ2v) is 9.33. The monoisotopic (exact) mass is 474 g/mol. The SMILES string of the molecule is Cc1cc(-c2sc(NC(=O)N3CCN4C(=O)OCC4C3)nc2-c2cccc(C#N)c2)cc(C)n1. The Labute approximate surface area is 200 Å². The van der Waals surface area contributed by atoms with Crippen LogP contribution in [0.5, 0.6) is 0 Å². The highest BCUT2D eigenvalue weighted by molar-refractivity contribution is 7.19. The number of hydrogen-bond acceptors (Lipinski definition) is 7. The summed E-state index contributed by atoms with van der Waals surface area (Å²) in [6, 6.07) is 13.0. The third-order valence-corrected chi connectivity index (χ3v) is 6.87. The van der Waals surface area contributed by atoms with E-state index >= 15 is 0 Å². The average Bonchev–Trinajstić information content (AvgIpc) is 3.42. The van der Waals surface area contributed by atoms with Gasteiger partial charge in [-0.2, -0.15) is 5.26 Å². The van der Waals surface area contributed by atoms with Gasteiger partial charge in [0.25, 0.3) is 0 Å². The standard InChI is InChI=1S/C24H22N6O3S/c1-14-8-18(9-15(2)26-14)21-20(17-5-3-4-16(10-17)11-25)27-22(34-21)28-23(31)29-6-7-30-19(12-29)13-33-24(30)32/h3-5,8-10,19H,6-7,12-13H2,1-2H3,(H,27,28,31). The summed E-state index contributed by atoms with van der Waals surface area (Å²) < 4.78 is 5.09. The molecule has 2 fully saturated rings. The van der Waals surface area contributed by atoms with Gasteiger partial charge in [-0.3, -0.25) is 15.2 Å². The first-order valence-corrected chi connectivity index (χ1v) is 11.7. The Balaban J connectivity index is 1.46. The molecule has 1 aromatic carbocycles. The summed E-state index contributed by atoms with van der Waals surface area (Å²) in [5, 5.41) is 12.7. The first-order chi connectivity index (χ1) is 16.4. The number of pyridine rings is 1. The predicted octanol–water partition coefficient (Wildman–Crippen LogP) is 4.03. The molecule has 4 heterocycles. The Morgan fingerprint density at radius 2 is 1.97 bits per heavy atom. The molecule has 34 heavy (non-hydrogen) atoms. The summed E-state index contributed by atoms with van der Waals surface area (Å²) in [5.41, 5.74) is 4.76. The summed E-state index contributed by atoms with van der Waals surface area (Å²) >= 11 is 1.38. The van der Waals surface area contributed by atoms with Crippen LogP contribution in [-0.4, -0.2) is 64.2 Å². The summed E-state index contributed by atoms with van der Waals surface area (Å²) in [5.74, 6) is 0. The molecule has 1 atom stereocenters. The number of rotatable bonds is 3. The Kier molecular flexibility index (Phi) is 5.63. The van der Waals surface area contributed by atoms with E-state index in [1.165, 1.54) is 11.3 Å². The van der Waals surface area contributed by atoms with Crippen molar-refractivity contribution in [2.45, 2.75) is 19.9 Å². The number of amides is 3. The number of urea groups is 1. The zero-order valence-corrected chi connectivity index (χ0v) is 19.6. The number of carbonyl (C=O) groups excluding carboxylic acids is 2. The number of anilines is 1. The van der Waals surface area contributed by atoms with Crippen LogP contribution in [-0.2, 0) is 4.74 Å². The number of piperazine rings is 1. The number of benzene rings is 1. The van der Waals surface area contributed by atoms with Crippen molar-refractivity contribution >= 4 is 28.6 Å². The molecule has 9 nitrogen and oxygen atoms in total. The van der Waals surface area contributed by atoms with Gasteiger partial charge in [0.15, 0.2) is 5.13 Å². The highest BCUT2D eigenvalue weighted by atomic mass is 32.1. The van der Waals surface area contributed by atoms with E-state index in [0.29, 0.717) is 42.6 Å². The van der Waals surface area contributed by atoms with Crippen LogP contribution in [0.1, 0.15) is 17.0 Å². The van der Waals surface area contributed by atoms with E-state index in [2.05, 4.69) is 16.4 Å². The van der Waals surface area contributed by atoms with E-state index in [0.717, 1.165) is 27.4 Å². The predicted molar refractivity (Wildman–Crippen MR) is 127 cm³/mol. The maximum Gasteiger partial charge on any atom is 0.410 e. The van der Waals surface area contributed by atoms with E-state index in [4.69, 9.17) is 9.72 Å². The zero-order chi connectivity index (χ0) is 23.8. The molecule has 1 unspecified atom stereocenters. The maximum atomic E-state index is 13.0. The van der Waals surface area contributed by atoms with Gasteiger partial charge in [-0.25, -0.2) is 14.6 Å². The van der Waals surface area contributed by atoms with Crippen LogP contribution in [0.4, 0.5) is 14.7 Å². The van der Waals surface area contributed by atoms with Gasteiger partial charge in [0.1, 0.15) is 6.61 Å². The molecule has 2 saturated heterocycles. The number of nitrogens with one attached hydrogen (secondary N) is 1. The molecule has 172 valence electrons. The summed E-state index contributed by atoms with van der Waals surface area (Å²) in [4.78, 5) is 38.2. The second-order valence-electron chi connectivity index (χ2n) is 8.33. The highest BCUT2D eigenvalue weighted by Gasteiger charge is 2.38. The van der Waals surface area contributed by atoms with Crippen molar-refractivity contribution in [3.05, 3.63) is 53.3 Å². The van der Waals surface area contributed by atoms with Crippen molar-refractivity contribution in [3.63, 3.8) is 0 Å². The van der Waals surface area contributed by atoms with Crippen LogP contribution in [0.15, 0.2) is 36.4 Å². The summed E-state index contributed by atoms with van der Waals surface area (Å²) in [6.07, 6.45) is -0.318. The lowest BCUT2D eigenvalue weighted by atomic mass is 10.0. The number of aromatic nitrogens is 2. The molecule has 2 aliphatic rings. The van der Waals surface area contributed by atoms with Crippen molar-refractivity contribution in [2.24, 2.45) is 0 Å². The minimum absolute atomic E-state index is 0.120. The molecule has 10 heteroatoms. The largest absolute Gasteiger partial charge is 0.447 e. The summed E-state index contributed by atoms with van der Waals surface area (Å²) in [6.45, 7) is 5.46. The van der Waals surface area contributed by atoms with Crippen molar-refractivity contribution in [2.75, 3.05) is 31.6 Å². The number of thiazole rings is 1. The zero-order valence-electron chi connectivity index (χ0n) is 18.7. The van der Waals surface area contributed by atoms with Gasteiger partial charge < -0.3 is 9.64 Å². The third-order valence-electron chi connectivity index (χ3n) is 5.85. The van der Waals surface area contributed by atoms with Crippen molar-refractivity contribution < 1.29 is 14.3 Å². The van der Waals surface area contributed by atoms with Crippen molar-refractivity contribution in [3.8, 4) is 27.8 Å². The van der Waals surface area contributed by atoms with Gasteiger partial charge >= 0.3 is 12.1 Å². The van der Waals surface area contributed by atoms with Crippen LogP contribution in [0, 0.1) is 25.2 Å². The molecule has 2 aliphatic heterocycles. The number of aryl methyl sites for hydroxylation is 2. The molecular formula is C24H22N6O3S. The molecule has 2 aromatic heterocycles. The fourth-order valence-electron chi connectivity index (χ4n) is 4.31. The maximum absolute atomic E-state index is 13.0. The Morgan fingerprint density at radius 1 is 1.18 bits per heavy atom. The number of carbonyl (C=O) groups is 2. The Bertz CT molecular complexity index is 1310. The topological polar surface area (TPSA) is 111 Å². The van der Waals surface area contributed by atoms with Crippen LogP contribution < -0.4 is 5.32 Å². The second kappa shape index (κ2) is 8.76. The summed E-state index contributed by atoms with van der Waals surface area (Å²) in [7, 11) is 0.